The van der Waals surface area contributed by atoms with E-state index in [2.05, 4.69) is 11.9 Å². The SMILES string of the molecule is C=CCN1C(=O)NC(c2ccc(Cl)c(Cl)c2)C(C(=O)OCCOC)=C1C. The van der Waals surface area contributed by atoms with E-state index in [9.17, 15) is 9.59 Å². The zero-order chi connectivity index (χ0) is 19.3. The highest BCUT2D eigenvalue weighted by Gasteiger charge is 2.36. The second-order valence-corrected chi connectivity index (χ2v) is 6.40. The van der Waals surface area contributed by atoms with Crippen LogP contribution in [0.4, 0.5) is 4.79 Å². The van der Waals surface area contributed by atoms with Gasteiger partial charge < -0.3 is 14.8 Å². The molecular weight excluding hydrogens is 379 g/mol. The first-order valence-electron chi connectivity index (χ1n) is 7.91. The van der Waals surface area contributed by atoms with Gasteiger partial charge in [0.2, 0.25) is 0 Å². The summed E-state index contributed by atoms with van der Waals surface area (Å²) in [7, 11) is 1.52. The van der Waals surface area contributed by atoms with Crippen LogP contribution in [0.15, 0.2) is 42.1 Å². The van der Waals surface area contributed by atoms with Gasteiger partial charge in [0.1, 0.15) is 6.61 Å². The van der Waals surface area contributed by atoms with Gasteiger partial charge in [-0.15, -0.1) is 6.58 Å². The standard InChI is InChI=1S/C18H20Cl2N2O4/c1-4-7-22-11(2)15(17(23)26-9-8-25-3)16(21-18(22)24)12-5-6-13(19)14(20)10-12/h4-6,10,16H,1,7-9H2,2-3H3,(H,21,24). The molecule has 1 unspecified atom stereocenters. The lowest BCUT2D eigenvalue weighted by Crippen LogP contribution is -2.48. The zero-order valence-corrected chi connectivity index (χ0v) is 16.1. The van der Waals surface area contributed by atoms with Gasteiger partial charge in [0.25, 0.3) is 0 Å². The largest absolute Gasteiger partial charge is 0.460 e. The molecule has 0 bridgehead atoms. The molecule has 1 heterocycles. The van der Waals surface area contributed by atoms with Crippen molar-refractivity contribution < 1.29 is 19.1 Å². The first-order chi connectivity index (χ1) is 12.4. The van der Waals surface area contributed by atoms with Crippen LogP contribution in [0.1, 0.15) is 18.5 Å². The molecule has 0 radical (unpaired) electrons. The van der Waals surface area contributed by atoms with E-state index in [1.165, 1.54) is 12.0 Å². The summed E-state index contributed by atoms with van der Waals surface area (Å²) in [5.74, 6) is -0.537. The molecule has 0 saturated carbocycles. The number of carbonyl (C=O) groups excluding carboxylic acids is 2. The number of halogens is 2. The second-order valence-electron chi connectivity index (χ2n) is 5.58. The predicted octanol–water partition coefficient (Wildman–Crippen LogP) is 3.71. The number of carbonyl (C=O) groups is 2. The Hall–Kier alpha value is -2.02. The smallest absolute Gasteiger partial charge is 0.338 e. The number of allylic oxidation sites excluding steroid dienone is 1. The van der Waals surface area contributed by atoms with E-state index in [-0.39, 0.29) is 25.8 Å². The van der Waals surface area contributed by atoms with Crippen LogP contribution in [0.25, 0.3) is 0 Å². The molecule has 0 saturated heterocycles. The summed E-state index contributed by atoms with van der Waals surface area (Å²) in [5, 5.41) is 3.53. The third-order valence-electron chi connectivity index (χ3n) is 3.93. The number of esters is 1. The van der Waals surface area contributed by atoms with Crippen LogP contribution in [0, 0.1) is 0 Å². The van der Waals surface area contributed by atoms with Gasteiger partial charge in [-0.25, -0.2) is 9.59 Å². The van der Waals surface area contributed by atoms with E-state index >= 15 is 0 Å². The fraction of sp³-hybridized carbons (Fsp3) is 0.333. The highest BCUT2D eigenvalue weighted by atomic mass is 35.5. The molecule has 1 aromatic carbocycles. The lowest BCUT2D eigenvalue weighted by molar-refractivity contribution is -0.140. The third-order valence-corrected chi connectivity index (χ3v) is 4.66. The average Bonchev–Trinajstić information content (AvgIpc) is 2.60. The molecule has 1 N–H and O–H groups in total. The number of rotatable bonds is 7. The molecule has 1 atom stereocenters. The maximum Gasteiger partial charge on any atom is 0.338 e. The molecule has 1 aliphatic rings. The van der Waals surface area contributed by atoms with Crippen LogP contribution in [0.5, 0.6) is 0 Å². The number of hydrogen-bond acceptors (Lipinski definition) is 4. The fourth-order valence-corrected chi connectivity index (χ4v) is 2.94. The van der Waals surface area contributed by atoms with E-state index in [1.807, 2.05) is 0 Å². The predicted molar refractivity (Wildman–Crippen MR) is 100 cm³/mol. The summed E-state index contributed by atoms with van der Waals surface area (Å²) >= 11 is 12.1. The summed E-state index contributed by atoms with van der Waals surface area (Å²) in [4.78, 5) is 26.6. The van der Waals surface area contributed by atoms with Gasteiger partial charge in [0.15, 0.2) is 0 Å². The highest BCUT2D eigenvalue weighted by Crippen LogP contribution is 2.34. The molecule has 1 aromatic rings. The molecule has 1 aliphatic heterocycles. The Bertz CT molecular complexity index is 749. The van der Waals surface area contributed by atoms with Gasteiger partial charge in [-0.2, -0.15) is 0 Å². The van der Waals surface area contributed by atoms with Crippen molar-refractivity contribution in [1.29, 1.82) is 0 Å². The van der Waals surface area contributed by atoms with Gasteiger partial charge in [-0.05, 0) is 24.6 Å². The zero-order valence-electron chi connectivity index (χ0n) is 14.6. The number of methoxy groups -OCH3 is 1. The Labute approximate surface area is 162 Å². The van der Waals surface area contributed by atoms with E-state index in [0.29, 0.717) is 26.9 Å². The number of nitrogens with one attached hydrogen (secondary N) is 1. The maximum absolute atomic E-state index is 12.7. The number of urea groups is 1. The summed E-state index contributed by atoms with van der Waals surface area (Å²) < 4.78 is 10.2. The van der Waals surface area contributed by atoms with Crippen LogP contribution in [0.2, 0.25) is 10.0 Å². The molecule has 8 heteroatoms. The van der Waals surface area contributed by atoms with Crippen LogP contribution in [-0.2, 0) is 14.3 Å². The van der Waals surface area contributed by atoms with Crippen LogP contribution in [-0.4, -0.2) is 43.8 Å². The van der Waals surface area contributed by atoms with E-state index < -0.39 is 12.0 Å². The second kappa shape index (κ2) is 9.07. The van der Waals surface area contributed by atoms with Crippen molar-refractivity contribution >= 4 is 35.2 Å². The molecule has 0 spiro atoms. The number of benzene rings is 1. The maximum atomic E-state index is 12.7. The van der Waals surface area contributed by atoms with Gasteiger partial charge >= 0.3 is 12.0 Å². The van der Waals surface area contributed by atoms with Crippen molar-refractivity contribution in [2.45, 2.75) is 13.0 Å². The molecule has 140 valence electrons. The van der Waals surface area contributed by atoms with Crippen LogP contribution in [0.3, 0.4) is 0 Å². The van der Waals surface area contributed by atoms with E-state index in [4.69, 9.17) is 32.7 Å². The topological polar surface area (TPSA) is 67.9 Å². The molecule has 2 amide bonds. The van der Waals surface area contributed by atoms with E-state index in [0.717, 1.165) is 0 Å². The van der Waals surface area contributed by atoms with Crippen molar-refractivity contribution in [1.82, 2.24) is 10.2 Å². The summed E-state index contributed by atoms with van der Waals surface area (Å²) in [6, 6.07) is 3.90. The van der Waals surface area contributed by atoms with Gasteiger partial charge in [-0.1, -0.05) is 35.3 Å². The van der Waals surface area contributed by atoms with Gasteiger partial charge in [0, 0.05) is 19.4 Å². The highest BCUT2D eigenvalue weighted by molar-refractivity contribution is 6.42. The van der Waals surface area contributed by atoms with Crippen molar-refractivity contribution in [3.8, 4) is 0 Å². The molecule has 0 aromatic heterocycles. The Morgan fingerprint density at radius 1 is 1.35 bits per heavy atom. The Morgan fingerprint density at radius 3 is 2.69 bits per heavy atom. The van der Waals surface area contributed by atoms with Crippen LogP contribution < -0.4 is 5.32 Å². The Balaban J connectivity index is 2.46. The minimum absolute atomic E-state index is 0.107. The number of hydrogen-bond donors (Lipinski definition) is 1. The monoisotopic (exact) mass is 398 g/mol. The number of amides is 2. The summed E-state index contributed by atoms with van der Waals surface area (Å²) in [6.45, 7) is 5.99. The minimum atomic E-state index is -0.701. The molecule has 26 heavy (non-hydrogen) atoms. The molecule has 6 nitrogen and oxygen atoms in total. The first-order valence-corrected chi connectivity index (χ1v) is 8.67. The van der Waals surface area contributed by atoms with Crippen molar-refractivity contribution in [2.75, 3.05) is 26.9 Å². The third kappa shape index (κ3) is 4.38. The lowest BCUT2D eigenvalue weighted by atomic mass is 9.95. The van der Waals surface area contributed by atoms with Crippen molar-refractivity contribution in [3.05, 3.63) is 57.7 Å². The van der Waals surface area contributed by atoms with Gasteiger partial charge in [-0.3, -0.25) is 4.90 Å². The number of nitrogens with zero attached hydrogens (tertiary/aromatic N) is 1. The summed E-state index contributed by atoms with van der Waals surface area (Å²) in [6.07, 6.45) is 1.58. The normalized spacial score (nSPS) is 17.2. The van der Waals surface area contributed by atoms with E-state index in [1.54, 1.807) is 31.2 Å². The summed E-state index contributed by atoms with van der Waals surface area (Å²) in [5.41, 5.74) is 1.44. The van der Waals surface area contributed by atoms with Crippen LogP contribution >= 0.6 is 23.2 Å². The molecule has 0 aliphatic carbocycles. The molecular formula is C18H20Cl2N2O4. The fourth-order valence-electron chi connectivity index (χ4n) is 2.63. The lowest BCUT2D eigenvalue weighted by Gasteiger charge is -2.35. The average molecular weight is 399 g/mol. The Morgan fingerprint density at radius 2 is 2.08 bits per heavy atom. The quantitative estimate of drug-likeness (QED) is 0.431. The van der Waals surface area contributed by atoms with Gasteiger partial charge in [0.05, 0.1) is 28.3 Å². The van der Waals surface area contributed by atoms with Crippen molar-refractivity contribution in [3.63, 3.8) is 0 Å². The molecule has 0 fully saturated rings. The minimum Gasteiger partial charge on any atom is -0.460 e. The molecule has 2 rings (SSSR count). The van der Waals surface area contributed by atoms with Crippen molar-refractivity contribution in [2.24, 2.45) is 0 Å². The Kier molecular flexibility index (Phi) is 7.08. The first kappa shape index (κ1) is 20.3. The number of ether oxygens (including phenoxy) is 2.